The monoisotopic (exact) mass is 531 g/mol. The summed E-state index contributed by atoms with van der Waals surface area (Å²) < 4.78 is 37.5. The molecule has 4 rings (SSSR count). The second-order valence-electron chi connectivity index (χ2n) is 8.04. The number of methoxy groups -OCH3 is 1. The number of rotatable bonds is 9. The van der Waals surface area contributed by atoms with Crippen LogP contribution in [0.2, 0.25) is 0 Å². The molecule has 10 heteroatoms. The van der Waals surface area contributed by atoms with Crippen molar-refractivity contribution in [2.24, 2.45) is 0 Å². The molecule has 0 saturated carbocycles. The van der Waals surface area contributed by atoms with E-state index in [1.807, 2.05) is 0 Å². The first kappa shape index (κ1) is 26.2. The van der Waals surface area contributed by atoms with Crippen molar-refractivity contribution in [1.29, 1.82) is 0 Å². The van der Waals surface area contributed by atoms with Crippen LogP contribution in [0.5, 0.6) is 5.75 Å². The number of carbonyl (C=O) groups excluding carboxylic acids is 2. The van der Waals surface area contributed by atoms with Gasteiger partial charge in [-0.2, -0.15) is 0 Å². The molecule has 0 heterocycles. The first-order valence-electron chi connectivity index (χ1n) is 11.2. The van der Waals surface area contributed by atoms with Crippen molar-refractivity contribution >= 4 is 27.3 Å². The van der Waals surface area contributed by atoms with Crippen LogP contribution >= 0.6 is 0 Å². The lowest BCUT2D eigenvalue weighted by molar-refractivity contribution is -0.384. The van der Waals surface area contributed by atoms with Gasteiger partial charge in [-0.1, -0.05) is 42.5 Å². The normalized spacial score (nSPS) is 11.8. The lowest BCUT2D eigenvalue weighted by Gasteiger charge is -2.19. The van der Waals surface area contributed by atoms with Crippen molar-refractivity contribution in [3.63, 3.8) is 0 Å². The fourth-order valence-corrected chi connectivity index (χ4v) is 5.17. The van der Waals surface area contributed by atoms with Gasteiger partial charge in [-0.25, -0.2) is 13.2 Å². The molecule has 0 aliphatic carbocycles. The minimum Gasteiger partial charge on any atom is -0.497 e. The highest BCUT2D eigenvalue weighted by atomic mass is 32.2. The van der Waals surface area contributed by atoms with Gasteiger partial charge in [0, 0.05) is 23.3 Å². The number of esters is 1. The largest absolute Gasteiger partial charge is 0.497 e. The van der Waals surface area contributed by atoms with Gasteiger partial charge in [-0.3, -0.25) is 14.9 Å². The van der Waals surface area contributed by atoms with Gasteiger partial charge < -0.3 is 9.47 Å². The summed E-state index contributed by atoms with van der Waals surface area (Å²) in [5.41, 5.74) is 0.102. The van der Waals surface area contributed by atoms with Gasteiger partial charge in [-0.15, -0.1) is 0 Å². The zero-order chi connectivity index (χ0) is 27.3. The third-order valence-electron chi connectivity index (χ3n) is 5.69. The Morgan fingerprint density at radius 3 is 2.03 bits per heavy atom. The van der Waals surface area contributed by atoms with Gasteiger partial charge in [-0.05, 0) is 48.5 Å². The number of Topliss-reactive ketones (excluding diaryl/α,β-unsaturated/α-hetero) is 1. The summed E-state index contributed by atoms with van der Waals surface area (Å²) in [6, 6.07) is 24.4. The number of benzene rings is 4. The number of sulfone groups is 1. The van der Waals surface area contributed by atoms with Crippen molar-refractivity contribution < 1.29 is 32.4 Å². The number of ether oxygens (including phenoxy) is 2. The molecule has 0 saturated heterocycles. The molecule has 192 valence electrons. The Hall–Kier alpha value is -4.83. The lowest BCUT2D eigenvalue weighted by atomic mass is 9.99. The fraction of sp³-hybridized carbons (Fsp3) is 0.0714. The molecule has 0 bridgehead atoms. The van der Waals surface area contributed by atoms with E-state index in [4.69, 9.17) is 9.47 Å². The Morgan fingerprint density at radius 2 is 1.42 bits per heavy atom. The maximum absolute atomic E-state index is 13.4. The van der Waals surface area contributed by atoms with Gasteiger partial charge >= 0.3 is 5.97 Å². The topological polar surface area (TPSA) is 130 Å². The van der Waals surface area contributed by atoms with E-state index in [2.05, 4.69) is 0 Å². The van der Waals surface area contributed by atoms with E-state index in [9.17, 15) is 28.1 Å². The third kappa shape index (κ3) is 5.45. The molecule has 0 aliphatic heterocycles. The molecular formula is C28H21NO8S. The Kier molecular flexibility index (Phi) is 7.63. The standard InChI is InChI=1S/C28H21NO8S/c1-36-22-15-11-19(12-16-22)26(30)27(20-7-3-2-4-8-20)37-28(31)24-9-5-6-10-25(24)38(34,35)23-17-13-21(14-18-23)29(32)33/h2-18,27H,1H3/t27-/m1/s1. The van der Waals surface area contributed by atoms with Crippen LogP contribution in [-0.4, -0.2) is 32.2 Å². The summed E-state index contributed by atoms with van der Waals surface area (Å²) in [5.74, 6) is -0.995. The smallest absolute Gasteiger partial charge is 0.340 e. The SMILES string of the molecule is COc1ccc(C(=O)[C@H](OC(=O)c2ccccc2S(=O)(=O)c2ccc([N+](=O)[O-])cc2)c2ccccc2)cc1. The van der Waals surface area contributed by atoms with Crippen molar-refractivity contribution in [2.75, 3.05) is 7.11 Å². The molecular weight excluding hydrogens is 510 g/mol. The van der Waals surface area contributed by atoms with Gasteiger partial charge in [0.15, 0.2) is 6.10 Å². The highest BCUT2D eigenvalue weighted by molar-refractivity contribution is 7.91. The fourth-order valence-electron chi connectivity index (χ4n) is 3.72. The van der Waals surface area contributed by atoms with Crippen molar-refractivity contribution in [1.82, 2.24) is 0 Å². The molecule has 0 N–H and O–H groups in total. The molecule has 0 unspecified atom stereocenters. The summed E-state index contributed by atoms with van der Waals surface area (Å²) in [6.07, 6.45) is -1.35. The Balaban J connectivity index is 1.70. The summed E-state index contributed by atoms with van der Waals surface area (Å²) in [4.78, 5) is 36.5. The summed E-state index contributed by atoms with van der Waals surface area (Å²) >= 11 is 0. The quantitative estimate of drug-likeness (QED) is 0.124. The Labute approximate surface area is 218 Å². The molecule has 0 spiro atoms. The second kappa shape index (κ2) is 11.1. The van der Waals surface area contributed by atoms with Crippen LogP contribution in [0.1, 0.15) is 32.4 Å². The number of ketones is 1. The molecule has 4 aromatic carbocycles. The highest BCUT2D eigenvalue weighted by Gasteiger charge is 2.30. The number of nitro benzene ring substituents is 1. The van der Waals surface area contributed by atoms with Crippen LogP contribution in [0, 0.1) is 10.1 Å². The van der Waals surface area contributed by atoms with E-state index in [0.717, 1.165) is 24.3 Å². The maximum Gasteiger partial charge on any atom is 0.340 e. The lowest BCUT2D eigenvalue weighted by Crippen LogP contribution is -2.21. The van der Waals surface area contributed by atoms with Crippen molar-refractivity contribution in [2.45, 2.75) is 15.9 Å². The molecule has 0 aromatic heterocycles. The predicted octanol–water partition coefficient (Wildman–Crippen LogP) is 5.22. The summed E-state index contributed by atoms with van der Waals surface area (Å²) in [5, 5.41) is 10.9. The minimum atomic E-state index is -4.26. The van der Waals surface area contributed by atoms with Gasteiger partial charge in [0.05, 0.1) is 27.4 Å². The Bertz CT molecular complexity index is 1580. The first-order chi connectivity index (χ1) is 18.2. The zero-order valence-electron chi connectivity index (χ0n) is 20.0. The molecule has 38 heavy (non-hydrogen) atoms. The summed E-state index contributed by atoms with van der Waals surface area (Å²) in [6.45, 7) is 0. The molecule has 4 aromatic rings. The van der Waals surface area contributed by atoms with Crippen LogP contribution in [0.15, 0.2) is 113 Å². The molecule has 0 radical (unpaired) electrons. The van der Waals surface area contributed by atoms with Crippen LogP contribution in [0.3, 0.4) is 0 Å². The zero-order valence-corrected chi connectivity index (χ0v) is 20.8. The number of nitrogens with zero attached hydrogens (tertiary/aromatic N) is 1. The molecule has 0 amide bonds. The van der Waals surface area contributed by atoms with Gasteiger partial charge in [0.25, 0.3) is 5.69 Å². The number of hydrogen-bond acceptors (Lipinski definition) is 8. The molecule has 1 atom stereocenters. The Morgan fingerprint density at radius 1 is 0.816 bits per heavy atom. The third-order valence-corrected chi connectivity index (χ3v) is 7.52. The van der Waals surface area contributed by atoms with Crippen LogP contribution in [0.4, 0.5) is 5.69 Å². The molecule has 0 aliphatic rings. The van der Waals surface area contributed by atoms with Crippen LogP contribution in [0.25, 0.3) is 0 Å². The number of nitro groups is 1. The van der Waals surface area contributed by atoms with E-state index in [0.29, 0.717) is 11.3 Å². The van der Waals surface area contributed by atoms with Gasteiger partial charge in [0.2, 0.25) is 15.6 Å². The predicted molar refractivity (Wildman–Crippen MR) is 137 cm³/mol. The minimum absolute atomic E-state index is 0.239. The number of non-ortho nitro benzene ring substituents is 1. The second-order valence-corrected chi connectivity index (χ2v) is 9.96. The number of hydrogen-bond donors (Lipinski definition) is 0. The maximum atomic E-state index is 13.4. The average molecular weight is 532 g/mol. The van der Waals surface area contributed by atoms with Gasteiger partial charge in [0.1, 0.15) is 5.75 Å². The first-order valence-corrected chi connectivity index (χ1v) is 12.7. The van der Waals surface area contributed by atoms with E-state index in [1.165, 1.54) is 43.5 Å². The number of carbonyl (C=O) groups is 2. The summed E-state index contributed by atoms with van der Waals surface area (Å²) in [7, 11) is -2.77. The van der Waals surface area contributed by atoms with Crippen molar-refractivity contribution in [3.8, 4) is 5.75 Å². The van der Waals surface area contributed by atoms with Crippen LogP contribution in [-0.2, 0) is 14.6 Å². The highest BCUT2D eigenvalue weighted by Crippen LogP contribution is 2.29. The van der Waals surface area contributed by atoms with Crippen LogP contribution < -0.4 is 4.74 Å². The van der Waals surface area contributed by atoms with Crippen molar-refractivity contribution in [3.05, 3.63) is 130 Å². The van der Waals surface area contributed by atoms with E-state index in [1.54, 1.807) is 42.5 Å². The van der Waals surface area contributed by atoms with E-state index in [-0.39, 0.29) is 26.6 Å². The van der Waals surface area contributed by atoms with E-state index < -0.39 is 32.6 Å². The van der Waals surface area contributed by atoms with E-state index >= 15 is 0 Å². The molecule has 9 nitrogen and oxygen atoms in total. The average Bonchev–Trinajstić information content (AvgIpc) is 2.96. The molecule has 0 fully saturated rings.